The molecule has 1 aliphatic heterocycles. The number of nitrogens with two attached hydrogens (primary N) is 1. The minimum absolute atomic E-state index is 0.420. The minimum atomic E-state index is -1.79. The van der Waals surface area contributed by atoms with Crippen molar-refractivity contribution in [3.63, 3.8) is 0 Å². The highest BCUT2D eigenvalue weighted by molar-refractivity contribution is 5.73. The quantitative estimate of drug-likeness (QED) is 0.275. The molecular weight excluding hydrogens is 238 g/mol. The summed E-state index contributed by atoms with van der Waals surface area (Å²) in [6.07, 6.45) is -9.78. The van der Waals surface area contributed by atoms with E-state index >= 15 is 0 Å². The Kier molecular flexibility index (Phi) is 4.77. The summed E-state index contributed by atoms with van der Waals surface area (Å²) in [5.74, 6) is 3.19. The number of carboxylic acids is 1. The third-order valence-corrected chi connectivity index (χ3v) is 2.54. The SMILES string of the molecule is NOCC(O)[C@H]1O[C@H](C(=O)O)[C@@H](O)[C@@H](O)[C@@H]1O. The lowest BCUT2D eigenvalue weighted by atomic mass is 9.92. The van der Waals surface area contributed by atoms with Crippen LogP contribution < -0.4 is 5.90 Å². The molecule has 100 valence electrons. The fourth-order valence-electron chi connectivity index (χ4n) is 1.62. The van der Waals surface area contributed by atoms with E-state index < -0.39 is 49.2 Å². The van der Waals surface area contributed by atoms with Gasteiger partial charge >= 0.3 is 5.97 Å². The van der Waals surface area contributed by atoms with Crippen LogP contribution in [0.5, 0.6) is 0 Å². The van der Waals surface area contributed by atoms with Crippen LogP contribution in [-0.4, -0.2) is 74.7 Å². The van der Waals surface area contributed by atoms with E-state index in [9.17, 15) is 25.2 Å². The largest absolute Gasteiger partial charge is 0.479 e. The number of rotatable bonds is 4. The van der Waals surface area contributed by atoms with Crippen molar-refractivity contribution in [3.05, 3.63) is 0 Å². The van der Waals surface area contributed by atoms with Crippen molar-refractivity contribution in [1.29, 1.82) is 0 Å². The number of aliphatic hydroxyl groups excluding tert-OH is 4. The monoisotopic (exact) mass is 253 g/mol. The Balaban J connectivity index is 2.81. The Labute approximate surface area is 95.9 Å². The van der Waals surface area contributed by atoms with Crippen LogP contribution >= 0.6 is 0 Å². The Morgan fingerprint density at radius 3 is 2.35 bits per heavy atom. The van der Waals surface area contributed by atoms with E-state index in [1.165, 1.54) is 0 Å². The molecule has 1 heterocycles. The van der Waals surface area contributed by atoms with Crippen LogP contribution in [0, 0.1) is 0 Å². The molecule has 1 unspecified atom stereocenters. The standard InChI is InChI=1S/C8H15NO8/c9-16-1-2(10)6-4(12)3(11)5(13)7(17-6)8(14)15/h2-7,10-13H,1,9H2,(H,14,15)/t2?,3-,4-,5-,6+,7-/m0/s1. The molecule has 0 bridgehead atoms. The summed E-state index contributed by atoms with van der Waals surface area (Å²) in [6.45, 7) is -0.420. The number of carbonyl (C=O) groups is 1. The van der Waals surface area contributed by atoms with Gasteiger partial charge in [0.2, 0.25) is 0 Å². The van der Waals surface area contributed by atoms with Gasteiger partial charge in [0.1, 0.15) is 30.5 Å². The molecule has 1 rings (SSSR count). The van der Waals surface area contributed by atoms with Crippen molar-refractivity contribution >= 4 is 5.97 Å². The van der Waals surface area contributed by atoms with Gasteiger partial charge in [0.05, 0.1) is 6.61 Å². The van der Waals surface area contributed by atoms with Crippen molar-refractivity contribution in [2.45, 2.75) is 36.6 Å². The van der Waals surface area contributed by atoms with Gasteiger partial charge in [-0.15, -0.1) is 0 Å². The third-order valence-electron chi connectivity index (χ3n) is 2.54. The highest BCUT2D eigenvalue weighted by atomic mass is 16.6. The smallest absolute Gasteiger partial charge is 0.335 e. The summed E-state index contributed by atoms with van der Waals surface area (Å²) >= 11 is 0. The van der Waals surface area contributed by atoms with Gasteiger partial charge < -0.3 is 35.1 Å². The Bertz CT molecular complexity index is 274. The molecule has 0 aromatic rings. The Morgan fingerprint density at radius 1 is 1.29 bits per heavy atom. The van der Waals surface area contributed by atoms with Crippen molar-refractivity contribution < 1.29 is 39.9 Å². The number of hydrogen-bond acceptors (Lipinski definition) is 8. The summed E-state index contributed by atoms with van der Waals surface area (Å²) < 4.78 is 4.81. The topological polar surface area (TPSA) is 163 Å². The predicted octanol–water partition coefficient (Wildman–Crippen LogP) is -3.83. The van der Waals surface area contributed by atoms with E-state index in [0.717, 1.165) is 0 Å². The summed E-state index contributed by atoms with van der Waals surface area (Å²) in [5, 5.41) is 46.5. The number of hydrogen-bond donors (Lipinski definition) is 6. The van der Waals surface area contributed by atoms with Gasteiger partial charge in [-0.05, 0) is 0 Å². The summed E-state index contributed by atoms with van der Waals surface area (Å²) in [5.41, 5.74) is 0. The molecule has 7 N–H and O–H groups in total. The average molecular weight is 253 g/mol. The molecule has 1 aliphatic rings. The molecule has 9 heteroatoms. The van der Waals surface area contributed by atoms with Crippen LogP contribution in [-0.2, 0) is 14.4 Å². The summed E-state index contributed by atoms with van der Waals surface area (Å²) in [7, 11) is 0. The number of aliphatic carboxylic acids is 1. The van der Waals surface area contributed by atoms with Crippen molar-refractivity contribution in [1.82, 2.24) is 0 Å². The normalized spacial score (nSPS) is 39.9. The lowest BCUT2D eigenvalue weighted by Gasteiger charge is -2.40. The second-order valence-corrected chi connectivity index (χ2v) is 3.73. The first kappa shape index (κ1) is 14.3. The molecule has 0 aromatic heterocycles. The van der Waals surface area contributed by atoms with Crippen LogP contribution in [0.25, 0.3) is 0 Å². The maximum Gasteiger partial charge on any atom is 0.335 e. The maximum atomic E-state index is 10.7. The molecule has 0 amide bonds. The molecule has 17 heavy (non-hydrogen) atoms. The van der Waals surface area contributed by atoms with Crippen LogP contribution in [0.2, 0.25) is 0 Å². The zero-order valence-corrected chi connectivity index (χ0v) is 8.71. The second kappa shape index (κ2) is 5.69. The number of ether oxygens (including phenoxy) is 1. The first-order valence-electron chi connectivity index (χ1n) is 4.82. The molecule has 9 nitrogen and oxygen atoms in total. The van der Waals surface area contributed by atoms with E-state index in [1.807, 2.05) is 0 Å². The lowest BCUT2D eigenvalue weighted by Crippen LogP contribution is -2.63. The Morgan fingerprint density at radius 2 is 1.88 bits per heavy atom. The Hall–Kier alpha value is -0.810. The van der Waals surface area contributed by atoms with Gasteiger partial charge in [0.25, 0.3) is 0 Å². The van der Waals surface area contributed by atoms with Gasteiger partial charge in [-0.1, -0.05) is 0 Å². The van der Waals surface area contributed by atoms with E-state index in [0.29, 0.717) is 0 Å². The fraction of sp³-hybridized carbons (Fsp3) is 0.875. The van der Waals surface area contributed by atoms with E-state index in [2.05, 4.69) is 4.84 Å². The van der Waals surface area contributed by atoms with Crippen LogP contribution in [0.1, 0.15) is 0 Å². The highest BCUT2D eigenvalue weighted by Crippen LogP contribution is 2.23. The van der Waals surface area contributed by atoms with Gasteiger partial charge in [0, 0.05) is 0 Å². The van der Waals surface area contributed by atoms with Crippen molar-refractivity contribution in [3.8, 4) is 0 Å². The highest BCUT2D eigenvalue weighted by Gasteiger charge is 2.49. The van der Waals surface area contributed by atoms with Gasteiger partial charge in [-0.3, -0.25) is 0 Å². The number of carboxylic acid groups (broad SMARTS) is 1. The van der Waals surface area contributed by atoms with Crippen LogP contribution in [0.15, 0.2) is 0 Å². The fourth-order valence-corrected chi connectivity index (χ4v) is 1.62. The molecule has 1 saturated heterocycles. The van der Waals surface area contributed by atoms with E-state index in [-0.39, 0.29) is 0 Å². The average Bonchev–Trinajstić information content (AvgIpc) is 2.26. The second-order valence-electron chi connectivity index (χ2n) is 3.73. The first-order chi connectivity index (χ1) is 7.90. The van der Waals surface area contributed by atoms with Gasteiger partial charge in [-0.2, -0.15) is 0 Å². The zero-order valence-electron chi connectivity index (χ0n) is 8.71. The minimum Gasteiger partial charge on any atom is -0.479 e. The predicted molar refractivity (Wildman–Crippen MR) is 50.5 cm³/mol. The van der Waals surface area contributed by atoms with E-state index in [1.54, 1.807) is 0 Å². The molecule has 1 fully saturated rings. The first-order valence-corrected chi connectivity index (χ1v) is 4.82. The van der Waals surface area contributed by atoms with Crippen LogP contribution in [0.3, 0.4) is 0 Å². The number of aliphatic hydroxyl groups is 4. The molecule has 0 spiro atoms. The molecular formula is C8H15NO8. The molecule has 0 aliphatic carbocycles. The lowest BCUT2D eigenvalue weighted by molar-refractivity contribution is -0.248. The molecule has 0 radical (unpaired) electrons. The maximum absolute atomic E-state index is 10.7. The van der Waals surface area contributed by atoms with Gasteiger partial charge in [-0.25, -0.2) is 10.7 Å². The molecule has 6 atom stereocenters. The summed E-state index contributed by atoms with van der Waals surface area (Å²) in [6, 6.07) is 0. The van der Waals surface area contributed by atoms with Gasteiger partial charge in [0.15, 0.2) is 6.10 Å². The molecule has 0 aromatic carbocycles. The zero-order chi connectivity index (χ0) is 13.2. The summed E-state index contributed by atoms with van der Waals surface area (Å²) in [4.78, 5) is 14.9. The molecule has 0 saturated carbocycles. The van der Waals surface area contributed by atoms with Crippen LogP contribution in [0.4, 0.5) is 0 Å². The van der Waals surface area contributed by atoms with Crippen molar-refractivity contribution in [2.24, 2.45) is 5.90 Å². The van der Waals surface area contributed by atoms with E-state index in [4.69, 9.17) is 15.7 Å². The third kappa shape index (κ3) is 2.90. The van der Waals surface area contributed by atoms with Crippen molar-refractivity contribution in [2.75, 3.05) is 6.61 Å².